The van der Waals surface area contributed by atoms with Crippen LogP contribution in [0.3, 0.4) is 0 Å². The molecule has 0 spiro atoms. The summed E-state index contributed by atoms with van der Waals surface area (Å²) in [6.07, 6.45) is 5.57. The maximum Gasteiger partial charge on any atom is 0.315 e. The Bertz CT molecular complexity index is 542. The molecule has 0 atom stereocenters. The molecule has 0 heterocycles. The highest BCUT2D eigenvalue weighted by Crippen LogP contribution is 2.20. The van der Waals surface area contributed by atoms with Crippen molar-refractivity contribution < 1.29 is 9.59 Å². The van der Waals surface area contributed by atoms with Crippen molar-refractivity contribution >= 4 is 29.2 Å². The fourth-order valence-corrected chi connectivity index (χ4v) is 2.74. The van der Waals surface area contributed by atoms with E-state index < -0.39 is 0 Å². The fourth-order valence-electron chi connectivity index (χ4n) is 2.57. The van der Waals surface area contributed by atoms with Crippen molar-refractivity contribution in [3.8, 4) is 0 Å². The lowest BCUT2D eigenvalue weighted by molar-refractivity contribution is -0.115. The van der Waals surface area contributed by atoms with Gasteiger partial charge in [-0.15, -0.1) is 0 Å². The highest BCUT2D eigenvalue weighted by atomic mass is 35.5. The smallest absolute Gasteiger partial charge is 0.315 e. The second-order valence-electron chi connectivity index (χ2n) is 5.67. The number of carbonyl (C=O) groups excluding carboxylic acids is 2. The highest BCUT2D eigenvalue weighted by molar-refractivity contribution is 6.31. The zero-order valence-electron chi connectivity index (χ0n) is 12.7. The van der Waals surface area contributed by atoms with Crippen molar-refractivity contribution in [3.63, 3.8) is 0 Å². The molecule has 1 aliphatic rings. The molecule has 0 aliphatic heterocycles. The van der Waals surface area contributed by atoms with Crippen LogP contribution in [0.4, 0.5) is 10.5 Å². The van der Waals surface area contributed by atoms with Gasteiger partial charge < -0.3 is 16.0 Å². The number of anilines is 1. The second-order valence-corrected chi connectivity index (χ2v) is 6.11. The van der Waals surface area contributed by atoms with E-state index in [1.54, 1.807) is 12.1 Å². The number of halogens is 1. The van der Waals surface area contributed by atoms with Crippen LogP contribution in [0.1, 0.15) is 37.7 Å². The molecule has 0 radical (unpaired) electrons. The predicted octanol–water partition coefficient (Wildman–Crippen LogP) is 3.22. The molecular weight excluding hydrogens is 302 g/mol. The molecule has 2 rings (SSSR count). The van der Waals surface area contributed by atoms with Gasteiger partial charge in [0.1, 0.15) is 0 Å². The van der Waals surface area contributed by atoms with Gasteiger partial charge in [0, 0.05) is 16.8 Å². The third-order valence-corrected chi connectivity index (χ3v) is 4.06. The Balaban J connectivity index is 1.75. The van der Waals surface area contributed by atoms with Crippen LogP contribution in [0, 0.1) is 6.92 Å². The Labute approximate surface area is 135 Å². The van der Waals surface area contributed by atoms with E-state index in [-0.39, 0.29) is 24.5 Å². The van der Waals surface area contributed by atoms with E-state index in [1.165, 1.54) is 6.42 Å². The molecular formula is C16H22ClN3O2. The minimum Gasteiger partial charge on any atom is -0.335 e. The number of carbonyl (C=O) groups is 2. The van der Waals surface area contributed by atoms with Crippen LogP contribution in [0.5, 0.6) is 0 Å². The fraction of sp³-hybridized carbons (Fsp3) is 0.500. The molecule has 1 fully saturated rings. The number of hydrogen-bond donors (Lipinski definition) is 3. The first-order valence-electron chi connectivity index (χ1n) is 7.65. The van der Waals surface area contributed by atoms with E-state index in [1.807, 2.05) is 13.0 Å². The average molecular weight is 324 g/mol. The monoisotopic (exact) mass is 323 g/mol. The number of urea groups is 1. The lowest BCUT2D eigenvalue weighted by Gasteiger charge is -2.22. The molecule has 120 valence electrons. The van der Waals surface area contributed by atoms with Crippen molar-refractivity contribution in [3.05, 3.63) is 28.8 Å². The molecule has 3 amide bonds. The van der Waals surface area contributed by atoms with Crippen LogP contribution in [-0.2, 0) is 4.79 Å². The Morgan fingerprint density at radius 3 is 2.68 bits per heavy atom. The summed E-state index contributed by atoms with van der Waals surface area (Å²) in [5, 5.41) is 8.80. The molecule has 5 nitrogen and oxygen atoms in total. The van der Waals surface area contributed by atoms with Gasteiger partial charge in [-0.1, -0.05) is 36.9 Å². The van der Waals surface area contributed by atoms with Crippen LogP contribution < -0.4 is 16.0 Å². The van der Waals surface area contributed by atoms with E-state index >= 15 is 0 Å². The average Bonchev–Trinajstić information content (AvgIpc) is 2.50. The third kappa shape index (κ3) is 5.22. The van der Waals surface area contributed by atoms with Crippen molar-refractivity contribution in [2.75, 3.05) is 11.9 Å². The number of nitrogens with one attached hydrogen (secondary N) is 3. The van der Waals surface area contributed by atoms with Gasteiger partial charge in [-0.05, 0) is 37.5 Å². The molecule has 22 heavy (non-hydrogen) atoms. The summed E-state index contributed by atoms with van der Waals surface area (Å²) in [6, 6.07) is 5.23. The summed E-state index contributed by atoms with van der Waals surface area (Å²) in [5.41, 5.74) is 1.58. The SMILES string of the molecule is Cc1ccc(Cl)cc1NC(=O)CNC(=O)NC1CCCCC1. The second kappa shape index (κ2) is 8.03. The van der Waals surface area contributed by atoms with Crippen LogP contribution in [0.2, 0.25) is 5.02 Å². The van der Waals surface area contributed by atoms with Crippen LogP contribution in [0.25, 0.3) is 0 Å². The first-order chi connectivity index (χ1) is 10.5. The van der Waals surface area contributed by atoms with E-state index in [0.29, 0.717) is 10.7 Å². The van der Waals surface area contributed by atoms with E-state index in [4.69, 9.17) is 11.6 Å². The largest absolute Gasteiger partial charge is 0.335 e. The summed E-state index contributed by atoms with van der Waals surface area (Å²) >= 11 is 5.91. The summed E-state index contributed by atoms with van der Waals surface area (Å²) in [5.74, 6) is -0.274. The molecule has 0 bridgehead atoms. The van der Waals surface area contributed by atoms with E-state index in [9.17, 15) is 9.59 Å². The molecule has 6 heteroatoms. The van der Waals surface area contributed by atoms with Gasteiger partial charge >= 0.3 is 6.03 Å². The van der Waals surface area contributed by atoms with Gasteiger partial charge in [-0.25, -0.2) is 4.79 Å². The van der Waals surface area contributed by atoms with Crippen LogP contribution in [-0.4, -0.2) is 24.5 Å². The number of amides is 3. The van der Waals surface area contributed by atoms with Crippen molar-refractivity contribution in [2.24, 2.45) is 0 Å². The van der Waals surface area contributed by atoms with Crippen LogP contribution in [0.15, 0.2) is 18.2 Å². The number of hydrogen-bond acceptors (Lipinski definition) is 2. The molecule has 1 aliphatic carbocycles. The lowest BCUT2D eigenvalue weighted by atomic mass is 9.96. The third-order valence-electron chi connectivity index (χ3n) is 3.82. The lowest BCUT2D eigenvalue weighted by Crippen LogP contribution is -2.45. The number of benzene rings is 1. The number of rotatable bonds is 4. The zero-order chi connectivity index (χ0) is 15.9. The molecule has 1 saturated carbocycles. The van der Waals surface area contributed by atoms with Gasteiger partial charge in [0.15, 0.2) is 0 Å². The first-order valence-corrected chi connectivity index (χ1v) is 8.03. The topological polar surface area (TPSA) is 70.2 Å². The molecule has 1 aromatic rings. The van der Waals surface area contributed by atoms with E-state index in [2.05, 4.69) is 16.0 Å². The minimum atomic E-state index is -0.287. The molecule has 1 aromatic carbocycles. The predicted molar refractivity (Wildman–Crippen MR) is 88.2 cm³/mol. The van der Waals surface area contributed by atoms with Gasteiger partial charge in [-0.2, -0.15) is 0 Å². The normalized spacial score (nSPS) is 15.2. The molecule has 0 saturated heterocycles. The van der Waals surface area contributed by atoms with Gasteiger partial charge in [0.2, 0.25) is 5.91 Å². The van der Waals surface area contributed by atoms with Crippen molar-refractivity contribution in [1.82, 2.24) is 10.6 Å². The summed E-state index contributed by atoms with van der Waals surface area (Å²) in [7, 11) is 0. The van der Waals surface area contributed by atoms with Gasteiger partial charge in [0.05, 0.1) is 6.54 Å². The quantitative estimate of drug-likeness (QED) is 0.796. The molecule has 3 N–H and O–H groups in total. The molecule has 0 aromatic heterocycles. The summed E-state index contributed by atoms with van der Waals surface area (Å²) < 4.78 is 0. The van der Waals surface area contributed by atoms with Crippen molar-refractivity contribution in [2.45, 2.75) is 45.1 Å². The van der Waals surface area contributed by atoms with Crippen molar-refractivity contribution in [1.29, 1.82) is 0 Å². The van der Waals surface area contributed by atoms with Gasteiger partial charge in [0.25, 0.3) is 0 Å². The van der Waals surface area contributed by atoms with Crippen LogP contribution >= 0.6 is 11.6 Å². The summed E-state index contributed by atoms with van der Waals surface area (Å²) in [6.45, 7) is 1.82. The van der Waals surface area contributed by atoms with E-state index in [0.717, 1.165) is 31.2 Å². The maximum absolute atomic E-state index is 11.9. The Kier molecular flexibility index (Phi) is 6.07. The first kappa shape index (κ1) is 16.6. The Morgan fingerprint density at radius 2 is 1.95 bits per heavy atom. The highest BCUT2D eigenvalue weighted by Gasteiger charge is 2.16. The standard InChI is InChI=1S/C16H22ClN3O2/c1-11-7-8-12(17)9-14(11)20-15(21)10-18-16(22)19-13-5-3-2-4-6-13/h7-9,13H,2-6,10H2,1H3,(H,20,21)(H2,18,19,22). The zero-order valence-corrected chi connectivity index (χ0v) is 13.5. The minimum absolute atomic E-state index is 0.0650. The maximum atomic E-state index is 11.9. The van der Waals surface area contributed by atoms with Gasteiger partial charge in [-0.3, -0.25) is 4.79 Å². The number of aryl methyl sites for hydroxylation is 1. The Hall–Kier alpha value is -1.75. The summed E-state index contributed by atoms with van der Waals surface area (Å²) in [4.78, 5) is 23.6. The Morgan fingerprint density at radius 1 is 1.23 bits per heavy atom. The molecule has 0 unspecified atom stereocenters.